The van der Waals surface area contributed by atoms with E-state index in [1.165, 1.54) is 0 Å². The van der Waals surface area contributed by atoms with Gasteiger partial charge in [0.2, 0.25) is 0 Å². The second-order valence-electron chi connectivity index (χ2n) is 4.50. The van der Waals surface area contributed by atoms with Crippen molar-refractivity contribution in [3.05, 3.63) is 34.0 Å². The SMILES string of the molecule is CC(O)Cc1ccc(-c2c(Cl)cc(Cl)c3nsnc23)o1. The molecule has 0 saturated carbocycles. The third-order valence-electron chi connectivity index (χ3n) is 2.85. The topological polar surface area (TPSA) is 59.2 Å². The van der Waals surface area contributed by atoms with E-state index < -0.39 is 6.10 Å². The summed E-state index contributed by atoms with van der Waals surface area (Å²) >= 11 is 13.4. The number of nitrogens with zero attached hydrogens (tertiary/aromatic N) is 2. The molecule has 0 saturated heterocycles. The Balaban J connectivity index is 2.14. The zero-order valence-electron chi connectivity index (χ0n) is 10.4. The van der Waals surface area contributed by atoms with Gasteiger partial charge in [0.1, 0.15) is 22.6 Å². The van der Waals surface area contributed by atoms with Crippen LogP contribution in [0, 0.1) is 0 Å². The van der Waals surface area contributed by atoms with E-state index in [2.05, 4.69) is 8.75 Å². The second-order valence-corrected chi connectivity index (χ2v) is 5.84. The molecule has 2 heterocycles. The Hall–Kier alpha value is -1.14. The maximum absolute atomic E-state index is 9.39. The Bertz CT molecular complexity index is 767. The van der Waals surface area contributed by atoms with Crippen LogP contribution in [-0.2, 0) is 6.42 Å². The first-order chi connectivity index (χ1) is 9.56. The normalized spacial score (nSPS) is 13.0. The number of hydrogen-bond donors (Lipinski definition) is 1. The summed E-state index contributed by atoms with van der Waals surface area (Å²) in [7, 11) is 0. The standard InChI is InChI=1S/C13H10Cl2N2O2S/c1-6(18)4-7-2-3-10(19-7)11-8(14)5-9(15)12-13(11)17-20-16-12/h2-3,5-6,18H,4H2,1H3. The van der Waals surface area contributed by atoms with Gasteiger partial charge in [0.25, 0.3) is 0 Å². The lowest BCUT2D eigenvalue weighted by molar-refractivity contribution is 0.187. The predicted molar refractivity (Wildman–Crippen MR) is 80.5 cm³/mol. The molecule has 0 aliphatic heterocycles. The molecular weight excluding hydrogens is 319 g/mol. The quantitative estimate of drug-likeness (QED) is 0.783. The van der Waals surface area contributed by atoms with Crippen molar-refractivity contribution in [2.75, 3.05) is 0 Å². The molecule has 4 nitrogen and oxygen atoms in total. The lowest BCUT2D eigenvalue weighted by atomic mass is 10.1. The van der Waals surface area contributed by atoms with Gasteiger partial charge in [-0.1, -0.05) is 23.2 Å². The average molecular weight is 329 g/mol. The van der Waals surface area contributed by atoms with Crippen LogP contribution < -0.4 is 0 Å². The predicted octanol–water partition coefficient (Wildman–Crippen LogP) is 4.18. The molecular formula is C13H10Cl2N2O2S. The first-order valence-electron chi connectivity index (χ1n) is 5.93. The number of aliphatic hydroxyl groups excluding tert-OH is 1. The molecule has 1 aromatic carbocycles. The molecule has 1 unspecified atom stereocenters. The molecule has 0 fully saturated rings. The van der Waals surface area contributed by atoms with Gasteiger partial charge in [0.15, 0.2) is 0 Å². The molecule has 0 bridgehead atoms. The summed E-state index contributed by atoms with van der Waals surface area (Å²) in [6, 6.07) is 5.27. The molecule has 20 heavy (non-hydrogen) atoms. The first kappa shape index (κ1) is 13.8. The van der Waals surface area contributed by atoms with Gasteiger partial charge in [0, 0.05) is 6.42 Å². The Morgan fingerprint density at radius 3 is 2.75 bits per heavy atom. The van der Waals surface area contributed by atoms with Gasteiger partial charge < -0.3 is 9.52 Å². The van der Waals surface area contributed by atoms with E-state index in [1.54, 1.807) is 13.0 Å². The largest absolute Gasteiger partial charge is 0.461 e. The fraction of sp³-hybridized carbons (Fsp3) is 0.231. The van der Waals surface area contributed by atoms with Crippen LogP contribution in [-0.4, -0.2) is 20.0 Å². The van der Waals surface area contributed by atoms with Crippen molar-refractivity contribution in [3.8, 4) is 11.3 Å². The number of furan rings is 1. The van der Waals surface area contributed by atoms with Gasteiger partial charge in [0.05, 0.1) is 33.4 Å². The van der Waals surface area contributed by atoms with Crippen LogP contribution in [0.5, 0.6) is 0 Å². The van der Waals surface area contributed by atoms with E-state index in [0.717, 1.165) is 11.7 Å². The number of aromatic nitrogens is 2. The molecule has 0 aliphatic rings. The van der Waals surface area contributed by atoms with Crippen molar-refractivity contribution in [1.82, 2.24) is 8.75 Å². The van der Waals surface area contributed by atoms with Gasteiger partial charge in [-0.2, -0.15) is 8.75 Å². The number of rotatable bonds is 3. The van der Waals surface area contributed by atoms with Crippen molar-refractivity contribution in [2.45, 2.75) is 19.4 Å². The maximum Gasteiger partial charge on any atom is 0.138 e. The van der Waals surface area contributed by atoms with E-state index >= 15 is 0 Å². The highest BCUT2D eigenvalue weighted by molar-refractivity contribution is 7.00. The summed E-state index contributed by atoms with van der Waals surface area (Å²) in [5, 5.41) is 10.3. The van der Waals surface area contributed by atoms with Crippen molar-refractivity contribution < 1.29 is 9.52 Å². The van der Waals surface area contributed by atoms with Crippen molar-refractivity contribution >= 4 is 46.0 Å². The second kappa shape index (κ2) is 5.33. The molecule has 0 aliphatic carbocycles. The van der Waals surface area contributed by atoms with Crippen molar-refractivity contribution in [1.29, 1.82) is 0 Å². The summed E-state index contributed by atoms with van der Waals surface area (Å²) in [6.45, 7) is 1.71. The zero-order chi connectivity index (χ0) is 14.3. The minimum atomic E-state index is -0.462. The van der Waals surface area contributed by atoms with Crippen LogP contribution >= 0.6 is 34.9 Å². The average Bonchev–Trinajstić information content (AvgIpc) is 2.98. The Morgan fingerprint density at radius 1 is 1.25 bits per heavy atom. The molecule has 1 N–H and O–H groups in total. The number of fused-ring (bicyclic) bond motifs is 1. The van der Waals surface area contributed by atoms with Crippen LogP contribution in [0.4, 0.5) is 0 Å². The smallest absolute Gasteiger partial charge is 0.138 e. The summed E-state index contributed by atoms with van der Waals surface area (Å²) in [4.78, 5) is 0. The Morgan fingerprint density at radius 2 is 2.00 bits per heavy atom. The molecule has 3 aromatic rings. The highest BCUT2D eigenvalue weighted by Gasteiger charge is 2.18. The minimum absolute atomic E-state index is 0.448. The van der Waals surface area contributed by atoms with E-state index in [4.69, 9.17) is 27.6 Å². The molecule has 2 aromatic heterocycles. The molecule has 0 radical (unpaired) electrons. The summed E-state index contributed by atoms with van der Waals surface area (Å²) < 4.78 is 14.1. The van der Waals surface area contributed by atoms with E-state index in [9.17, 15) is 5.11 Å². The number of aliphatic hydroxyl groups is 1. The number of benzene rings is 1. The van der Waals surface area contributed by atoms with Crippen LogP contribution in [0.25, 0.3) is 22.4 Å². The van der Waals surface area contributed by atoms with Gasteiger partial charge in [-0.25, -0.2) is 0 Å². The number of hydrogen-bond acceptors (Lipinski definition) is 5. The molecule has 7 heteroatoms. The van der Waals surface area contributed by atoms with Gasteiger partial charge in [-0.15, -0.1) is 0 Å². The van der Waals surface area contributed by atoms with Crippen LogP contribution in [0.15, 0.2) is 22.6 Å². The summed E-state index contributed by atoms with van der Waals surface area (Å²) in [6.07, 6.45) is -0.0143. The fourth-order valence-electron chi connectivity index (χ4n) is 2.02. The lowest BCUT2D eigenvalue weighted by Crippen LogP contribution is -2.02. The molecule has 1 atom stereocenters. The monoisotopic (exact) mass is 328 g/mol. The van der Waals surface area contributed by atoms with Crippen LogP contribution in [0.2, 0.25) is 10.0 Å². The van der Waals surface area contributed by atoms with Crippen LogP contribution in [0.1, 0.15) is 12.7 Å². The van der Waals surface area contributed by atoms with Crippen LogP contribution in [0.3, 0.4) is 0 Å². The third-order valence-corrected chi connectivity index (χ3v) is 3.96. The maximum atomic E-state index is 9.39. The zero-order valence-corrected chi connectivity index (χ0v) is 12.8. The Labute approximate surface area is 129 Å². The molecule has 3 rings (SSSR count). The van der Waals surface area contributed by atoms with Gasteiger partial charge >= 0.3 is 0 Å². The van der Waals surface area contributed by atoms with E-state index in [1.807, 2.05) is 12.1 Å². The summed E-state index contributed by atoms with van der Waals surface area (Å²) in [5.74, 6) is 1.29. The lowest BCUT2D eigenvalue weighted by Gasteiger charge is -2.04. The molecule has 0 amide bonds. The first-order valence-corrected chi connectivity index (χ1v) is 7.42. The van der Waals surface area contributed by atoms with Crippen molar-refractivity contribution in [2.24, 2.45) is 0 Å². The number of halogens is 2. The fourth-order valence-corrected chi connectivity index (χ4v) is 3.23. The molecule has 104 valence electrons. The summed E-state index contributed by atoms with van der Waals surface area (Å²) in [5.41, 5.74) is 1.92. The minimum Gasteiger partial charge on any atom is -0.461 e. The van der Waals surface area contributed by atoms with E-state index in [-0.39, 0.29) is 0 Å². The van der Waals surface area contributed by atoms with Gasteiger partial charge in [-0.3, -0.25) is 0 Å². The Kier molecular flexibility index (Phi) is 3.69. The van der Waals surface area contributed by atoms with E-state index in [0.29, 0.717) is 44.6 Å². The molecule has 0 spiro atoms. The van der Waals surface area contributed by atoms with Crippen molar-refractivity contribution in [3.63, 3.8) is 0 Å². The third kappa shape index (κ3) is 2.42. The van der Waals surface area contributed by atoms with Gasteiger partial charge in [-0.05, 0) is 25.1 Å². The highest BCUT2D eigenvalue weighted by atomic mass is 35.5. The highest BCUT2D eigenvalue weighted by Crippen LogP contribution is 2.38.